The van der Waals surface area contributed by atoms with Gasteiger partial charge >= 0.3 is 5.97 Å². The van der Waals surface area contributed by atoms with Crippen molar-refractivity contribution in [2.24, 2.45) is 0 Å². The second kappa shape index (κ2) is 7.22. The highest BCUT2D eigenvalue weighted by Gasteiger charge is 2.30. The van der Waals surface area contributed by atoms with Crippen LogP contribution in [0.5, 0.6) is 0 Å². The van der Waals surface area contributed by atoms with Gasteiger partial charge in [0, 0.05) is 24.7 Å². The lowest BCUT2D eigenvalue weighted by atomic mass is 10.0. The summed E-state index contributed by atoms with van der Waals surface area (Å²) in [5.74, 6) is 0.456. The van der Waals surface area contributed by atoms with E-state index in [1.807, 2.05) is 6.07 Å². The summed E-state index contributed by atoms with van der Waals surface area (Å²) in [7, 11) is 1.38. The highest BCUT2D eigenvalue weighted by molar-refractivity contribution is 5.87. The molecule has 1 aliphatic rings. The predicted octanol–water partition coefficient (Wildman–Crippen LogP) is 4.35. The minimum absolute atomic E-state index is 0.318. The average molecular weight is 327 g/mol. The van der Waals surface area contributed by atoms with Crippen molar-refractivity contribution < 1.29 is 13.9 Å². The summed E-state index contributed by atoms with van der Waals surface area (Å²) < 4.78 is 10.1. The Balaban J connectivity index is 1.72. The molecule has 0 aliphatic heterocycles. The number of methoxy groups -OCH3 is 1. The van der Waals surface area contributed by atoms with Gasteiger partial charge in [-0.2, -0.15) is 0 Å². The summed E-state index contributed by atoms with van der Waals surface area (Å²) in [6.45, 7) is 6.00. The van der Waals surface area contributed by atoms with Crippen molar-refractivity contribution in [3.8, 4) is 0 Å². The topological polar surface area (TPSA) is 42.7 Å². The molecule has 0 spiro atoms. The lowest BCUT2D eigenvalue weighted by Crippen LogP contribution is -2.25. The normalized spacial score (nSPS) is 14.4. The fourth-order valence-electron chi connectivity index (χ4n) is 2.95. The third-order valence-corrected chi connectivity index (χ3v) is 4.59. The first-order chi connectivity index (χ1) is 11.6. The van der Waals surface area contributed by atoms with Crippen molar-refractivity contribution in [3.63, 3.8) is 0 Å². The number of carbonyl (C=O) groups is 1. The highest BCUT2D eigenvalue weighted by Crippen LogP contribution is 2.31. The van der Waals surface area contributed by atoms with Crippen LogP contribution in [0.15, 0.2) is 41.0 Å². The van der Waals surface area contributed by atoms with Gasteiger partial charge in [-0.3, -0.25) is 4.90 Å². The Morgan fingerprint density at radius 3 is 2.50 bits per heavy atom. The smallest absolute Gasteiger partial charge is 0.374 e. The molecule has 4 heteroatoms. The van der Waals surface area contributed by atoms with Crippen LogP contribution in [0, 0.1) is 0 Å². The van der Waals surface area contributed by atoms with Gasteiger partial charge in [-0.05, 0) is 36.0 Å². The maximum absolute atomic E-state index is 11.8. The number of esters is 1. The van der Waals surface area contributed by atoms with Crippen LogP contribution in [0.2, 0.25) is 0 Å². The van der Waals surface area contributed by atoms with Crippen LogP contribution >= 0.6 is 0 Å². The standard InChI is InChI=1S/C20H25NO3/c1-14(2)16-6-4-15(5-7-16)12-21(18-8-9-18)13-17-10-11-24-19(17)20(22)23-3/h4-7,10-11,14,18H,8-9,12-13H2,1-3H3. The number of carbonyl (C=O) groups excluding carboxylic acids is 1. The fourth-order valence-corrected chi connectivity index (χ4v) is 2.95. The highest BCUT2D eigenvalue weighted by atomic mass is 16.5. The molecule has 0 atom stereocenters. The summed E-state index contributed by atoms with van der Waals surface area (Å²) in [4.78, 5) is 14.2. The lowest BCUT2D eigenvalue weighted by Gasteiger charge is -2.22. The zero-order chi connectivity index (χ0) is 17.1. The second-order valence-electron chi connectivity index (χ2n) is 6.80. The third-order valence-electron chi connectivity index (χ3n) is 4.59. The zero-order valence-electron chi connectivity index (χ0n) is 14.6. The first-order valence-corrected chi connectivity index (χ1v) is 8.56. The van der Waals surface area contributed by atoms with E-state index in [0.717, 1.165) is 12.1 Å². The molecule has 2 aromatic rings. The van der Waals surface area contributed by atoms with Gasteiger partial charge < -0.3 is 9.15 Å². The van der Waals surface area contributed by atoms with Gasteiger partial charge in [0.1, 0.15) is 0 Å². The van der Waals surface area contributed by atoms with Gasteiger partial charge in [0.15, 0.2) is 0 Å². The van der Waals surface area contributed by atoms with Gasteiger partial charge in [-0.15, -0.1) is 0 Å². The molecule has 0 amide bonds. The fraction of sp³-hybridized carbons (Fsp3) is 0.450. The average Bonchev–Trinajstić information content (AvgIpc) is 3.33. The monoisotopic (exact) mass is 327 g/mol. The maximum atomic E-state index is 11.8. The summed E-state index contributed by atoms with van der Waals surface area (Å²) in [6, 6.07) is 11.3. The molecule has 0 bridgehead atoms. The van der Waals surface area contributed by atoms with Crippen LogP contribution in [0.3, 0.4) is 0 Å². The first-order valence-electron chi connectivity index (χ1n) is 8.56. The Kier molecular flexibility index (Phi) is 5.05. The zero-order valence-corrected chi connectivity index (χ0v) is 14.6. The molecule has 0 radical (unpaired) electrons. The Morgan fingerprint density at radius 2 is 1.92 bits per heavy atom. The quantitative estimate of drug-likeness (QED) is 0.709. The van der Waals surface area contributed by atoms with Gasteiger partial charge in [-0.1, -0.05) is 38.1 Å². The Bertz CT molecular complexity index is 683. The SMILES string of the molecule is COC(=O)c1occc1CN(Cc1ccc(C(C)C)cc1)C1CC1. The molecule has 1 aromatic carbocycles. The molecule has 0 N–H and O–H groups in total. The number of ether oxygens (including phenoxy) is 1. The number of hydrogen-bond donors (Lipinski definition) is 0. The number of nitrogens with zero attached hydrogens (tertiary/aromatic N) is 1. The largest absolute Gasteiger partial charge is 0.463 e. The molecule has 1 heterocycles. The molecule has 4 nitrogen and oxygen atoms in total. The number of hydrogen-bond acceptors (Lipinski definition) is 4. The molecule has 1 aliphatic carbocycles. The van der Waals surface area contributed by atoms with Crippen LogP contribution < -0.4 is 0 Å². The van der Waals surface area contributed by atoms with E-state index >= 15 is 0 Å². The molecular weight excluding hydrogens is 302 g/mol. The number of benzene rings is 1. The van der Waals surface area contributed by atoms with E-state index in [4.69, 9.17) is 9.15 Å². The molecule has 0 saturated heterocycles. The van der Waals surface area contributed by atoms with Crippen molar-refractivity contribution >= 4 is 5.97 Å². The Hall–Kier alpha value is -2.07. The molecule has 1 aromatic heterocycles. The van der Waals surface area contributed by atoms with E-state index in [2.05, 4.69) is 43.0 Å². The molecule has 3 rings (SSSR count). The van der Waals surface area contributed by atoms with Gasteiger partial charge in [0.05, 0.1) is 13.4 Å². The minimum Gasteiger partial charge on any atom is -0.463 e. The molecular formula is C20H25NO3. The number of furan rings is 1. The summed E-state index contributed by atoms with van der Waals surface area (Å²) >= 11 is 0. The van der Waals surface area contributed by atoms with Crippen LogP contribution in [-0.2, 0) is 17.8 Å². The maximum Gasteiger partial charge on any atom is 0.374 e. The summed E-state index contributed by atoms with van der Waals surface area (Å²) in [5.41, 5.74) is 3.56. The number of rotatable bonds is 7. The summed E-state index contributed by atoms with van der Waals surface area (Å²) in [6.07, 6.45) is 4.00. The van der Waals surface area contributed by atoms with E-state index in [1.165, 1.54) is 31.1 Å². The first kappa shape index (κ1) is 16.8. The second-order valence-corrected chi connectivity index (χ2v) is 6.80. The van der Waals surface area contributed by atoms with E-state index < -0.39 is 5.97 Å². The Labute approximate surface area is 143 Å². The Morgan fingerprint density at radius 1 is 1.21 bits per heavy atom. The molecule has 24 heavy (non-hydrogen) atoms. The van der Waals surface area contributed by atoms with Crippen LogP contribution in [0.25, 0.3) is 0 Å². The summed E-state index contributed by atoms with van der Waals surface area (Å²) in [5, 5.41) is 0. The molecule has 0 unspecified atom stereocenters. The minimum atomic E-state index is -0.410. The van der Waals surface area contributed by atoms with Crippen LogP contribution in [-0.4, -0.2) is 24.0 Å². The van der Waals surface area contributed by atoms with Crippen molar-refractivity contribution in [3.05, 3.63) is 59.0 Å². The van der Waals surface area contributed by atoms with E-state index in [9.17, 15) is 4.79 Å². The van der Waals surface area contributed by atoms with E-state index in [1.54, 1.807) is 6.26 Å². The van der Waals surface area contributed by atoms with Crippen molar-refractivity contribution in [1.29, 1.82) is 0 Å². The van der Waals surface area contributed by atoms with Gasteiger partial charge in [0.2, 0.25) is 5.76 Å². The third kappa shape index (κ3) is 3.88. The molecule has 128 valence electrons. The van der Waals surface area contributed by atoms with Crippen molar-refractivity contribution in [1.82, 2.24) is 4.90 Å². The lowest BCUT2D eigenvalue weighted by molar-refractivity contribution is 0.0561. The predicted molar refractivity (Wildman–Crippen MR) is 92.8 cm³/mol. The van der Waals surface area contributed by atoms with Crippen LogP contribution in [0.4, 0.5) is 0 Å². The molecule has 1 fully saturated rings. The van der Waals surface area contributed by atoms with Gasteiger partial charge in [0.25, 0.3) is 0 Å². The van der Waals surface area contributed by atoms with E-state index in [0.29, 0.717) is 24.3 Å². The van der Waals surface area contributed by atoms with Crippen LogP contribution in [0.1, 0.15) is 59.9 Å². The van der Waals surface area contributed by atoms with E-state index in [-0.39, 0.29) is 0 Å². The van der Waals surface area contributed by atoms with Crippen molar-refractivity contribution in [2.45, 2.75) is 51.7 Å². The molecule has 1 saturated carbocycles. The van der Waals surface area contributed by atoms with Gasteiger partial charge in [-0.25, -0.2) is 4.79 Å². The van der Waals surface area contributed by atoms with Crippen molar-refractivity contribution in [2.75, 3.05) is 7.11 Å².